The molecule has 0 spiro atoms. The molecule has 0 amide bonds. The van der Waals surface area contributed by atoms with Crippen molar-refractivity contribution in [1.29, 1.82) is 0 Å². The fourth-order valence-electron chi connectivity index (χ4n) is 1.25. The zero-order valence-electron chi connectivity index (χ0n) is 10.1. The second kappa shape index (κ2) is 8.60. The van der Waals surface area contributed by atoms with Gasteiger partial charge < -0.3 is 4.74 Å². The number of hydrogen-bond donors (Lipinski definition) is 0. The zero-order valence-corrected chi connectivity index (χ0v) is 10.9. The molecule has 86 valence electrons. The van der Waals surface area contributed by atoms with Gasteiger partial charge in [0.1, 0.15) is 5.75 Å². The molecule has 0 unspecified atom stereocenters. The number of benzene rings is 1. The van der Waals surface area contributed by atoms with E-state index in [1.807, 2.05) is 26.0 Å². The smallest absolute Gasteiger partial charge is 0.137 e. The van der Waals surface area contributed by atoms with E-state index in [1.54, 1.807) is 7.11 Å². The summed E-state index contributed by atoms with van der Waals surface area (Å²) in [5.41, 5.74) is 1.28. The summed E-state index contributed by atoms with van der Waals surface area (Å²) in [6, 6.07) is 5.98. The second-order valence-corrected chi connectivity index (χ2v) is 3.48. The van der Waals surface area contributed by atoms with E-state index >= 15 is 0 Å². The van der Waals surface area contributed by atoms with Gasteiger partial charge in [-0.1, -0.05) is 44.9 Å². The Labute approximate surface area is 98.4 Å². The molecule has 0 heterocycles. The summed E-state index contributed by atoms with van der Waals surface area (Å²) in [4.78, 5) is 0. The largest absolute Gasteiger partial charge is 0.495 e. The third kappa shape index (κ3) is 5.08. The first-order valence-corrected chi connectivity index (χ1v) is 5.98. The monoisotopic (exact) mass is 228 g/mol. The molecule has 0 aliphatic rings. The average molecular weight is 229 g/mol. The van der Waals surface area contributed by atoms with Crippen LogP contribution in [0.3, 0.4) is 0 Å². The minimum atomic E-state index is 0.705. The fourth-order valence-corrected chi connectivity index (χ4v) is 1.53. The summed E-state index contributed by atoms with van der Waals surface area (Å²) in [6.45, 7) is 6.19. The predicted octanol–water partition coefficient (Wildman–Crippen LogP) is 4.72. The van der Waals surface area contributed by atoms with Crippen molar-refractivity contribution < 1.29 is 4.74 Å². The SMILES string of the molecule is CC.CCCCc1ccc(OC)c(Cl)c1. The third-order valence-corrected chi connectivity index (χ3v) is 2.33. The Kier molecular flexibility index (Phi) is 8.21. The van der Waals surface area contributed by atoms with Gasteiger partial charge in [-0.3, -0.25) is 0 Å². The van der Waals surface area contributed by atoms with Gasteiger partial charge in [-0.25, -0.2) is 0 Å². The second-order valence-electron chi connectivity index (χ2n) is 3.07. The molecule has 1 rings (SSSR count). The molecule has 0 atom stereocenters. The lowest BCUT2D eigenvalue weighted by Crippen LogP contribution is -1.88. The summed E-state index contributed by atoms with van der Waals surface area (Å²) >= 11 is 5.98. The summed E-state index contributed by atoms with van der Waals surface area (Å²) in [6.07, 6.45) is 3.52. The molecule has 0 fully saturated rings. The first kappa shape index (κ1) is 14.3. The Morgan fingerprint density at radius 2 is 1.93 bits per heavy atom. The number of rotatable bonds is 4. The first-order chi connectivity index (χ1) is 7.27. The number of hydrogen-bond acceptors (Lipinski definition) is 1. The van der Waals surface area contributed by atoms with Crippen molar-refractivity contribution in [3.63, 3.8) is 0 Å². The van der Waals surface area contributed by atoms with Crippen molar-refractivity contribution in [2.24, 2.45) is 0 Å². The Morgan fingerprint density at radius 1 is 1.27 bits per heavy atom. The quantitative estimate of drug-likeness (QED) is 0.725. The first-order valence-electron chi connectivity index (χ1n) is 5.60. The molecule has 0 N–H and O–H groups in total. The summed E-state index contributed by atoms with van der Waals surface area (Å²) in [7, 11) is 1.63. The standard InChI is InChI=1S/C11H15ClO.C2H6/c1-3-4-5-9-6-7-11(13-2)10(12)8-9;1-2/h6-8H,3-5H2,1-2H3;1-2H3. The van der Waals surface area contributed by atoms with E-state index in [-0.39, 0.29) is 0 Å². The van der Waals surface area contributed by atoms with Crippen LogP contribution in [0.1, 0.15) is 39.2 Å². The van der Waals surface area contributed by atoms with Gasteiger partial charge in [0.25, 0.3) is 0 Å². The lowest BCUT2D eigenvalue weighted by molar-refractivity contribution is 0.415. The predicted molar refractivity (Wildman–Crippen MR) is 68.0 cm³/mol. The minimum Gasteiger partial charge on any atom is -0.495 e. The van der Waals surface area contributed by atoms with Crippen molar-refractivity contribution in [2.75, 3.05) is 7.11 Å². The highest BCUT2D eigenvalue weighted by Crippen LogP contribution is 2.25. The molecule has 0 saturated heterocycles. The van der Waals surface area contributed by atoms with Crippen LogP contribution in [-0.4, -0.2) is 7.11 Å². The van der Waals surface area contributed by atoms with Gasteiger partial charge >= 0.3 is 0 Å². The van der Waals surface area contributed by atoms with Crippen LogP contribution in [0, 0.1) is 0 Å². The lowest BCUT2D eigenvalue weighted by Gasteiger charge is -2.05. The molecule has 0 saturated carbocycles. The highest BCUT2D eigenvalue weighted by molar-refractivity contribution is 6.32. The molecule has 1 aromatic rings. The van der Waals surface area contributed by atoms with Crippen LogP contribution in [0.15, 0.2) is 18.2 Å². The normalized spacial score (nSPS) is 9.13. The molecule has 1 nitrogen and oxygen atoms in total. The fraction of sp³-hybridized carbons (Fsp3) is 0.538. The van der Waals surface area contributed by atoms with E-state index in [1.165, 1.54) is 18.4 Å². The maximum Gasteiger partial charge on any atom is 0.137 e. The van der Waals surface area contributed by atoms with E-state index in [0.717, 1.165) is 12.2 Å². The van der Waals surface area contributed by atoms with Crippen molar-refractivity contribution in [3.05, 3.63) is 28.8 Å². The van der Waals surface area contributed by atoms with Crippen LogP contribution in [0.5, 0.6) is 5.75 Å². The van der Waals surface area contributed by atoms with Crippen LogP contribution in [0.2, 0.25) is 5.02 Å². The summed E-state index contributed by atoms with van der Waals surface area (Å²) in [5, 5.41) is 0.705. The van der Waals surface area contributed by atoms with Gasteiger partial charge in [0, 0.05) is 0 Å². The number of unbranched alkanes of at least 4 members (excludes halogenated alkanes) is 1. The van der Waals surface area contributed by atoms with Crippen molar-refractivity contribution in [3.8, 4) is 5.75 Å². The molecule has 0 aromatic heterocycles. The number of methoxy groups -OCH3 is 1. The van der Waals surface area contributed by atoms with Crippen molar-refractivity contribution in [2.45, 2.75) is 40.0 Å². The van der Waals surface area contributed by atoms with E-state index < -0.39 is 0 Å². The summed E-state index contributed by atoms with van der Waals surface area (Å²) in [5.74, 6) is 0.752. The Balaban J connectivity index is 0.000000921. The van der Waals surface area contributed by atoms with Crippen LogP contribution in [0.4, 0.5) is 0 Å². The molecule has 0 radical (unpaired) electrons. The maximum absolute atomic E-state index is 5.98. The number of halogens is 1. The molecular weight excluding hydrogens is 208 g/mol. The maximum atomic E-state index is 5.98. The molecule has 0 aliphatic carbocycles. The summed E-state index contributed by atoms with van der Waals surface area (Å²) < 4.78 is 5.07. The van der Waals surface area contributed by atoms with Crippen LogP contribution in [0.25, 0.3) is 0 Å². The van der Waals surface area contributed by atoms with Gasteiger partial charge in [-0.2, -0.15) is 0 Å². The van der Waals surface area contributed by atoms with Crippen molar-refractivity contribution >= 4 is 11.6 Å². The average Bonchev–Trinajstić information content (AvgIpc) is 2.29. The zero-order chi connectivity index (χ0) is 11.7. The highest BCUT2D eigenvalue weighted by atomic mass is 35.5. The number of aryl methyl sites for hydroxylation is 1. The molecule has 0 bridgehead atoms. The van der Waals surface area contributed by atoms with Gasteiger partial charge in [0.15, 0.2) is 0 Å². The minimum absolute atomic E-state index is 0.705. The van der Waals surface area contributed by atoms with E-state index in [0.29, 0.717) is 5.02 Å². The topological polar surface area (TPSA) is 9.23 Å². The van der Waals surface area contributed by atoms with Crippen LogP contribution in [-0.2, 0) is 6.42 Å². The van der Waals surface area contributed by atoms with Crippen molar-refractivity contribution in [1.82, 2.24) is 0 Å². The Bertz CT molecular complexity index is 271. The van der Waals surface area contributed by atoms with Crippen LogP contribution < -0.4 is 4.74 Å². The Morgan fingerprint density at radius 3 is 2.40 bits per heavy atom. The lowest BCUT2D eigenvalue weighted by atomic mass is 10.1. The molecule has 1 aromatic carbocycles. The third-order valence-electron chi connectivity index (χ3n) is 2.04. The highest BCUT2D eigenvalue weighted by Gasteiger charge is 2.00. The number of ether oxygens (including phenoxy) is 1. The molecule has 0 aliphatic heterocycles. The van der Waals surface area contributed by atoms with E-state index in [2.05, 4.69) is 13.0 Å². The van der Waals surface area contributed by atoms with E-state index in [4.69, 9.17) is 16.3 Å². The van der Waals surface area contributed by atoms with Gasteiger partial charge in [0.05, 0.1) is 12.1 Å². The van der Waals surface area contributed by atoms with Gasteiger partial charge in [-0.15, -0.1) is 0 Å². The Hall–Kier alpha value is -0.690. The molecular formula is C13H21ClO. The molecule has 15 heavy (non-hydrogen) atoms. The molecule has 2 heteroatoms. The van der Waals surface area contributed by atoms with Crippen LogP contribution >= 0.6 is 11.6 Å². The van der Waals surface area contributed by atoms with E-state index in [9.17, 15) is 0 Å². The van der Waals surface area contributed by atoms with Gasteiger partial charge in [0.2, 0.25) is 0 Å². The van der Waals surface area contributed by atoms with Gasteiger partial charge in [-0.05, 0) is 30.5 Å².